The molecule has 0 radical (unpaired) electrons. The third-order valence-electron chi connectivity index (χ3n) is 6.83. The van der Waals surface area contributed by atoms with E-state index in [0.29, 0.717) is 52.7 Å². The first-order valence-electron chi connectivity index (χ1n) is 12.1. The van der Waals surface area contributed by atoms with Gasteiger partial charge in [-0.3, -0.25) is 14.2 Å². The Balaban J connectivity index is 1.78. The zero-order valence-corrected chi connectivity index (χ0v) is 20.2. The van der Waals surface area contributed by atoms with Gasteiger partial charge in [0.25, 0.3) is 5.56 Å². The third-order valence-corrected chi connectivity index (χ3v) is 7.07. The average Bonchev–Trinajstić information content (AvgIpc) is 3.34. The highest BCUT2D eigenvalue weighted by Gasteiger charge is 2.28. The molecule has 174 valence electrons. The van der Waals surface area contributed by atoms with E-state index < -0.39 is 0 Å². The molecule has 1 aliphatic carbocycles. The molecule has 3 aromatic rings. The van der Waals surface area contributed by atoms with Crippen molar-refractivity contribution < 1.29 is 4.79 Å². The summed E-state index contributed by atoms with van der Waals surface area (Å²) in [7, 11) is 0. The average molecular weight is 466 g/mol. The number of para-hydroxylation sites is 1. The van der Waals surface area contributed by atoms with Crippen LogP contribution in [-0.2, 0) is 4.79 Å². The number of rotatable bonds is 8. The summed E-state index contributed by atoms with van der Waals surface area (Å²) >= 11 is 6.27. The van der Waals surface area contributed by atoms with E-state index in [-0.39, 0.29) is 17.5 Å². The molecular formula is C27H32ClN3O2. The lowest BCUT2D eigenvalue weighted by Gasteiger charge is -2.32. The minimum Gasteiger partial charge on any atom is -0.333 e. The fourth-order valence-electron chi connectivity index (χ4n) is 5.12. The maximum absolute atomic E-state index is 13.6. The van der Waals surface area contributed by atoms with E-state index in [1.165, 1.54) is 25.7 Å². The highest BCUT2D eigenvalue weighted by molar-refractivity contribution is 6.30. The molecule has 0 N–H and O–H groups in total. The Labute approximate surface area is 200 Å². The Bertz CT molecular complexity index is 1180. The maximum Gasteiger partial charge on any atom is 0.266 e. The standard InChI is InChI=1S/C27H32ClN3O2/c1-3-24(30(4-2)25(32)17-16-19-10-5-6-11-19)26-29-23-15-8-7-14-22(23)27(33)31(26)21-13-9-12-20(28)18-21/h7-9,12-15,18-19,24H,3-6,10-11,16-17H2,1-2H3. The highest BCUT2D eigenvalue weighted by atomic mass is 35.5. The maximum atomic E-state index is 13.6. The predicted molar refractivity (Wildman–Crippen MR) is 134 cm³/mol. The van der Waals surface area contributed by atoms with Crippen LogP contribution in [0.1, 0.15) is 70.7 Å². The summed E-state index contributed by atoms with van der Waals surface area (Å²) in [6, 6.07) is 14.3. The number of aromatic nitrogens is 2. The zero-order chi connectivity index (χ0) is 23.4. The van der Waals surface area contributed by atoms with Crippen LogP contribution in [0.15, 0.2) is 53.3 Å². The Morgan fingerprint density at radius 1 is 1.15 bits per heavy atom. The van der Waals surface area contributed by atoms with E-state index in [9.17, 15) is 9.59 Å². The van der Waals surface area contributed by atoms with Gasteiger partial charge in [-0.1, -0.05) is 62.4 Å². The van der Waals surface area contributed by atoms with E-state index >= 15 is 0 Å². The van der Waals surface area contributed by atoms with Crippen LogP contribution in [0, 0.1) is 5.92 Å². The molecule has 33 heavy (non-hydrogen) atoms. The quantitative estimate of drug-likeness (QED) is 0.391. The van der Waals surface area contributed by atoms with Gasteiger partial charge in [0, 0.05) is 18.0 Å². The van der Waals surface area contributed by atoms with E-state index in [0.717, 1.165) is 6.42 Å². The van der Waals surface area contributed by atoms with Gasteiger partial charge in [-0.15, -0.1) is 0 Å². The summed E-state index contributed by atoms with van der Waals surface area (Å²) in [6.07, 6.45) is 7.17. The third kappa shape index (κ3) is 4.98. The van der Waals surface area contributed by atoms with Crippen LogP contribution < -0.4 is 5.56 Å². The van der Waals surface area contributed by atoms with E-state index in [1.807, 2.05) is 49.1 Å². The molecular weight excluding hydrogens is 434 g/mol. The van der Waals surface area contributed by atoms with Crippen LogP contribution in [0.25, 0.3) is 16.6 Å². The Hall–Kier alpha value is -2.66. The monoisotopic (exact) mass is 465 g/mol. The summed E-state index contributed by atoms with van der Waals surface area (Å²) in [5.41, 5.74) is 1.16. The first kappa shape index (κ1) is 23.5. The van der Waals surface area contributed by atoms with Gasteiger partial charge in [-0.05, 0) is 56.0 Å². The normalized spacial score (nSPS) is 15.1. The van der Waals surface area contributed by atoms with Crippen molar-refractivity contribution in [2.24, 2.45) is 5.92 Å². The summed E-state index contributed by atoms with van der Waals surface area (Å²) < 4.78 is 1.63. The molecule has 4 rings (SSSR count). The Morgan fingerprint density at radius 2 is 1.91 bits per heavy atom. The fourth-order valence-corrected chi connectivity index (χ4v) is 5.31. The molecule has 1 amide bonds. The molecule has 1 saturated carbocycles. The lowest BCUT2D eigenvalue weighted by molar-refractivity contribution is -0.134. The fraction of sp³-hybridized carbons (Fsp3) is 0.444. The van der Waals surface area contributed by atoms with Gasteiger partial charge in [0.05, 0.1) is 22.6 Å². The van der Waals surface area contributed by atoms with Gasteiger partial charge in [-0.25, -0.2) is 4.98 Å². The second kappa shape index (κ2) is 10.5. The van der Waals surface area contributed by atoms with Crippen molar-refractivity contribution in [2.45, 2.75) is 64.8 Å². The number of benzene rings is 2. The van der Waals surface area contributed by atoms with Crippen molar-refractivity contribution in [1.29, 1.82) is 0 Å². The molecule has 0 aliphatic heterocycles. The number of hydrogen-bond donors (Lipinski definition) is 0. The number of carbonyl (C=O) groups is 1. The molecule has 1 unspecified atom stereocenters. The van der Waals surface area contributed by atoms with Crippen molar-refractivity contribution >= 4 is 28.4 Å². The number of hydrogen-bond acceptors (Lipinski definition) is 3. The van der Waals surface area contributed by atoms with E-state index in [1.54, 1.807) is 22.8 Å². The molecule has 6 heteroatoms. The van der Waals surface area contributed by atoms with Crippen molar-refractivity contribution in [2.75, 3.05) is 6.54 Å². The second-order valence-electron chi connectivity index (χ2n) is 8.90. The van der Waals surface area contributed by atoms with Crippen molar-refractivity contribution in [1.82, 2.24) is 14.5 Å². The van der Waals surface area contributed by atoms with Crippen LogP contribution >= 0.6 is 11.6 Å². The summed E-state index contributed by atoms with van der Waals surface area (Å²) in [4.78, 5) is 33.8. The SMILES string of the molecule is CCC(c1nc2ccccc2c(=O)n1-c1cccc(Cl)c1)N(CC)C(=O)CCC1CCCC1. The zero-order valence-electron chi connectivity index (χ0n) is 19.5. The predicted octanol–water partition coefficient (Wildman–Crippen LogP) is 6.31. The number of halogens is 1. The Kier molecular flexibility index (Phi) is 7.49. The van der Waals surface area contributed by atoms with Gasteiger partial charge in [-0.2, -0.15) is 0 Å². The molecule has 1 aromatic heterocycles. The summed E-state index contributed by atoms with van der Waals surface area (Å²) in [6.45, 7) is 4.61. The van der Waals surface area contributed by atoms with Crippen LogP contribution in [-0.4, -0.2) is 26.9 Å². The minimum atomic E-state index is -0.303. The van der Waals surface area contributed by atoms with Gasteiger partial charge < -0.3 is 4.90 Å². The van der Waals surface area contributed by atoms with Gasteiger partial charge in [0.15, 0.2) is 0 Å². The molecule has 1 heterocycles. The lowest BCUT2D eigenvalue weighted by Crippen LogP contribution is -2.38. The number of nitrogens with zero attached hydrogens (tertiary/aromatic N) is 3. The molecule has 2 aromatic carbocycles. The van der Waals surface area contributed by atoms with Crippen LogP contribution in [0.2, 0.25) is 5.02 Å². The van der Waals surface area contributed by atoms with Crippen LogP contribution in [0.5, 0.6) is 0 Å². The van der Waals surface area contributed by atoms with Crippen molar-refractivity contribution in [3.05, 3.63) is 69.7 Å². The summed E-state index contributed by atoms with van der Waals surface area (Å²) in [5.74, 6) is 1.38. The molecule has 1 fully saturated rings. The van der Waals surface area contributed by atoms with Crippen LogP contribution in [0.3, 0.4) is 0 Å². The minimum absolute atomic E-state index is 0.135. The Morgan fingerprint density at radius 3 is 2.61 bits per heavy atom. The van der Waals surface area contributed by atoms with E-state index in [4.69, 9.17) is 16.6 Å². The first-order valence-corrected chi connectivity index (χ1v) is 12.5. The van der Waals surface area contributed by atoms with Crippen LogP contribution in [0.4, 0.5) is 0 Å². The lowest BCUT2D eigenvalue weighted by atomic mass is 10.0. The molecule has 5 nitrogen and oxygen atoms in total. The molecule has 0 spiro atoms. The number of amides is 1. The highest BCUT2D eigenvalue weighted by Crippen LogP contribution is 2.31. The van der Waals surface area contributed by atoms with Gasteiger partial charge in [0.1, 0.15) is 5.82 Å². The van der Waals surface area contributed by atoms with Gasteiger partial charge >= 0.3 is 0 Å². The molecule has 1 atom stereocenters. The first-order chi connectivity index (χ1) is 16.0. The number of fused-ring (bicyclic) bond motifs is 1. The largest absolute Gasteiger partial charge is 0.333 e. The number of carbonyl (C=O) groups excluding carboxylic acids is 1. The topological polar surface area (TPSA) is 55.2 Å². The second-order valence-corrected chi connectivity index (χ2v) is 9.34. The molecule has 0 bridgehead atoms. The smallest absolute Gasteiger partial charge is 0.266 e. The molecule has 0 saturated heterocycles. The van der Waals surface area contributed by atoms with Crippen molar-refractivity contribution in [3.8, 4) is 5.69 Å². The summed E-state index contributed by atoms with van der Waals surface area (Å²) in [5, 5.41) is 1.10. The molecule has 1 aliphatic rings. The van der Waals surface area contributed by atoms with Gasteiger partial charge in [0.2, 0.25) is 5.91 Å². The van der Waals surface area contributed by atoms with E-state index in [2.05, 4.69) is 0 Å². The van der Waals surface area contributed by atoms with Crippen molar-refractivity contribution in [3.63, 3.8) is 0 Å².